The first-order chi connectivity index (χ1) is 16.1. The van der Waals surface area contributed by atoms with Crippen molar-refractivity contribution in [1.82, 2.24) is 4.98 Å². The van der Waals surface area contributed by atoms with Crippen LogP contribution in [0.4, 0.5) is 5.13 Å². The molecule has 168 valence electrons. The Balaban J connectivity index is 1.30. The van der Waals surface area contributed by atoms with Gasteiger partial charge in [0.05, 0.1) is 25.3 Å². The second-order valence-corrected chi connectivity index (χ2v) is 8.56. The number of carbonyl (C=O) groups is 1. The molecule has 33 heavy (non-hydrogen) atoms. The Morgan fingerprint density at radius 2 is 1.67 bits per heavy atom. The molecule has 1 aromatic heterocycles. The van der Waals surface area contributed by atoms with E-state index in [4.69, 9.17) is 14.5 Å². The van der Waals surface area contributed by atoms with Crippen molar-refractivity contribution in [1.29, 1.82) is 0 Å². The molecular weight excluding hydrogens is 432 g/mol. The van der Waals surface area contributed by atoms with Crippen molar-refractivity contribution in [2.75, 3.05) is 12.4 Å². The lowest BCUT2D eigenvalue weighted by molar-refractivity contribution is -0.139. The number of nitrogens with one attached hydrogen (secondary N) is 1. The van der Waals surface area contributed by atoms with Crippen molar-refractivity contribution in [2.45, 2.75) is 26.0 Å². The number of hydrogen-bond acceptors (Lipinski definition) is 6. The quantitative estimate of drug-likeness (QED) is 0.299. The minimum Gasteiger partial charge on any atom is -0.489 e. The zero-order valence-corrected chi connectivity index (χ0v) is 19.5. The lowest BCUT2D eigenvalue weighted by atomic mass is 10.1. The number of hydrogen-bond donors (Lipinski definition) is 1. The van der Waals surface area contributed by atoms with Gasteiger partial charge < -0.3 is 14.8 Å². The van der Waals surface area contributed by atoms with E-state index in [0.717, 1.165) is 33.3 Å². The van der Waals surface area contributed by atoms with E-state index in [9.17, 15) is 4.79 Å². The van der Waals surface area contributed by atoms with E-state index >= 15 is 0 Å². The first kappa shape index (κ1) is 22.6. The van der Waals surface area contributed by atoms with Gasteiger partial charge in [-0.1, -0.05) is 66.7 Å². The molecule has 1 unspecified atom stereocenters. The summed E-state index contributed by atoms with van der Waals surface area (Å²) in [4.78, 5) is 16.1. The summed E-state index contributed by atoms with van der Waals surface area (Å²) in [6.07, 6.45) is 0.263. The number of methoxy groups -OCH3 is 1. The molecule has 0 spiro atoms. The van der Waals surface area contributed by atoms with Crippen molar-refractivity contribution in [3.05, 3.63) is 101 Å². The number of esters is 1. The Labute approximate surface area is 198 Å². The van der Waals surface area contributed by atoms with Gasteiger partial charge in [0.25, 0.3) is 0 Å². The van der Waals surface area contributed by atoms with Crippen molar-refractivity contribution in [3.8, 4) is 17.0 Å². The topological polar surface area (TPSA) is 60.5 Å². The fourth-order valence-electron chi connectivity index (χ4n) is 3.36. The third kappa shape index (κ3) is 6.20. The molecule has 0 saturated carbocycles. The minimum absolute atomic E-state index is 0.136. The van der Waals surface area contributed by atoms with Crippen LogP contribution in [0.3, 0.4) is 0 Å². The summed E-state index contributed by atoms with van der Waals surface area (Å²) in [7, 11) is 1.39. The average Bonchev–Trinajstić information content (AvgIpc) is 3.33. The summed E-state index contributed by atoms with van der Waals surface area (Å²) in [6.45, 7) is 2.61. The average molecular weight is 459 g/mol. The SMILES string of the molecule is COC(=O)Cc1ccc(OCc2ccc(C(C)Nc3nc(-c4ccccc4)cs3)cc2)cc1. The van der Waals surface area contributed by atoms with E-state index in [1.165, 1.54) is 12.7 Å². The smallest absolute Gasteiger partial charge is 0.309 e. The maximum atomic E-state index is 11.4. The zero-order chi connectivity index (χ0) is 23.0. The lowest BCUT2D eigenvalue weighted by Gasteiger charge is -2.14. The molecule has 0 fully saturated rings. The number of thiazole rings is 1. The number of benzene rings is 3. The highest BCUT2D eigenvalue weighted by molar-refractivity contribution is 7.14. The molecule has 4 rings (SSSR count). The van der Waals surface area contributed by atoms with Gasteiger partial charge in [-0.25, -0.2) is 4.98 Å². The van der Waals surface area contributed by atoms with E-state index in [-0.39, 0.29) is 18.4 Å². The van der Waals surface area contributed by atoms with E-state index in [0.29, 0.717) is 6.61 Å². The van der Waals surface area contributed by atoms with Gasteiger partial charge in [-0.05, 0) is 35.7 Å². The second kappa shape index (κ2) is 10.8. The second-order valence-electron chi connectivity index (χ2n) is 7.70. The number of ether oxygens (including phenoxy) is 2. The molecule has 0 aliphatic heterocycles. The van der Waals surface area contributed by atoms with Gasteiger partial charge in [-0.3, -0.25) is 4.79 Å². The summed E-state index contributed by atoms with van der Waals surface area (Å²) >= 11 is 1.61. The summed E-state index contributed by atoms with van der Waals surface area (Å²) in [5.41, 5.74) is 5.28. The van der Waals surface area contributed by atoms with Crippen LogP contribution in [0, 0.1) is 0 Å². The molecule has 6 heteroatoms. The van der Waals surface area contributed by atoms with Crippen LogP contribution in [-0.4, -0.2) is 18.1 Å². The molecule has 0 saturated heterocycles. The van der Waals surface area contributed by atoms with Crippen LogP contribution in [-0.2, 0) is 22.6 Å². The van der Waals surface area contributed by atoms with Crippen LogP contribution in [0.2, 0.25) is 0 Å². The molecule has 1 heterocycles. The third-order valence-electron chi connectivity index (χ3n) is 5.30. The molecular formula is C27H26N2O3S. The van der Waals surface area contributed by atoms with E-state index in [2.05, 4.69) is 54.0 Å². The van der Waals surface area contributed by atoms with E-state index < -0.39 is 0 Å². The Bertz CT molecular complexity index is 1170. The molecule has 4 aromatic rings. The maximum Gasteiger partial charge on any atom is 0.309 e. The van der Waals surface area contributed by atoms with Crippen LogP contribution in [0.5, 0.6) is 5.75 Å². The Morgan fingerprint density at radius 1 is 0.970 bits per heavy atom. The molecule has 0 amide bonds. The first-order valence-corrected chi connectivity index (χ1v) is 11.6. The molecule has 0 aliphatic carbocycles. The number of carbonyl (C=O) groups excluding carboxylic acids is 1. The lowest BCUT2D eigenvalue weighted by Crippen LogP contribution is -2.06. The number of aromatic nitrogens is 1. The fourth-order valence-corrected chi connectivity index (χ4v) is 4.17. The van der Waals surface area contributed by atoms with Crippen LogP contribution in [0.25, 0.3) is 11.3 Å². The number of rotatable bonds is 9. The van der Waals surface area contributed by atoms with E-state index in [1.54, 1.807) is 11.3 Å². The van der Waals surface area contributed by atoms with Gasteiger partial charge >= 0.3 is 5.97 Å². The number of anilines is 1. The van der Waals surface area contributed by atoms with Crippen molar-refractivity contribution in [3.63, 3.8) is 0 Å². The number of nitrogens with zero attached hydrogens (tertiary/aromatic N) is 1. The van der Waals surface area contributed by atoms with Crippen molar-refractivity contribution in [2.24, 2.45) is 0 Å². The Morgan fingerprint density at radius 3 is 2.36 bits per heavy atom. The summed E-state index contributed by atoms with van der Waals surface area (Å²) in [5, 5.41) is 6.47. The van der Waals surface area contributed by atoms with Gasteiger partial charge in [0, 0.05) is 10.9 Å². The zero-order valence-electron chi connectivity index (χ0n) is 18.7. The maximum absolute atomic E-state index is 11.4. The van der Waals surface area contributed by atoms with Crippen LogP contribution in [0.1, 0.15) is 29.7 Å². The van der Waals surface area contributed by atoms with Crippen molar-refractivity contribution < 1.29 is 14.3 Å². The fraction of sp³-hybridized carbons (Fsp3) is 0.185. The molecule has 5 nitrogen and oxygen atoms in total. The van der Waals surface area contributed by atoms with Crippen LogP contribution < -0.4 is 10.1 Å². The summed E-state index contributed by atoms with van der Waals surface area (Å²) in [6, 6.07) is 26.2. The van der Waals surface area contributed by atoms with Crippen LogP contribution in [0.15, 0.2) is 84.2 Å². The van der Waals surface area contributed by atoms with E-state index in [1.807, 2.05) is 42.5 Å². The minimum atomic E-state index is -0.251. The predicted octanol–water partition coefficient (Wildman–Crippen LogP) is 6.28. The summed E-state index contributed by atoms with van der Waals surface area (Å²) in [5.74, 6) is 0.514. The molecule has 0 bridgehead atoms. The Kier molecular flexibility index (Phi) is 7.37. The van der Waals surface area contributed by atoms with Gasteiger partial charge in [0.2, 0.25) is 0 Å². The molecule has 3 aromatic carbocycles. The highest BCUT2D eigenvalue weighted by atomic mass is 32.1. The monoisotopic (exact) mass is 458 g/mol. The molecule has 0 aliphatic rings. The van der Waals surface area contributed by atoms with Gasteiger partial charge in [-0.15, -0.1) is 11.3 Å². The first-order valence-electron chi connectivity index (χ1n) is 10.8. The molecule has 1 N–H and O–H groups in total. The van der Waals surface area contributed by atoms with Gasteiger partial charge in [0.15, 0.2) is 5.13 Å². The van der Waals surface area contributed by atoms with Gasteiger partial charge in [0.1, 0.15) is 12.4 Å². The molecule has 1 atom stereocenters. The standard InChI is InChI=1S/C27H26N2O3S/c1-19(28-27-29-25(18-33-27)23-6-4-3-5-7-23)22-12-8-21(9-13-22)17-32-24-14-10-20(11-15-24)16-26(30)31-2/h3-15,18-19H,16-17H2,1-2H3,(H,28,29). The predicted molar refractivity (Wildman–Crippen MR) is 133 cm³/mol. The van der Waals surface area contributed by atoms with Gasteiger partial charge in [-0.2, -0.15) is 0 Å². The normalized spacial score (nSPS) is 11.6. The highest BCUT2D eigenvalue weighted by Crippen LogP contribution is 2.27. The summed E-state index contributed by atoms with van der Waals surface area (Å²) < 4.78 is 10.6. The Hall–Kier alpha value is -3.64. The third-order valence-corrected chi connectivity index (χ3v) is 6.07. The largest absolute Gasteiger partial charge is 0.489 e. The molecule has 0 radical (unpaired) electrons. The van der Waals surface area contributed by atoms with Crippen LogP contribution >= 0.6 is 11.3 Å². The highest BCUT2D eigenvalue weighted by Gasteiger charge is 2.10. The van der Waals surface area contributed by atoms with Crippen molar-refractivity contribution >= 4 is 22.4 Å².